The molecule has 1 nitrogen and oxygen atoms in total. The van der Waals surface area contributed by atoms with Crippen molar-refractivity contribution in [3.05, 3.63) is 0 Å². The van der Waals surface area contributed by atoms with Crippen molar-refractivity contribution >= 4 is 15.9 Å². The molecular weight excluding hydrogens is 250 g/mol. The Kier molecular flexibility index (Phi) is 7.90. The maximum Gasteiger partial charge on any atom is 0.01000 e. The normalized spacial score (nSPS) is 14.6. The summed E-state index contributed by atoms with van der Waals surface area (Å²) in [7, 11) is 0. The van der Waals surface area contributed by atoms with E-state index in [0.29, 0.717) is 11.5 Å². The number of halogens is 1. The van der Waals surface area contributed by atoms with Crippen LogP contribution in [0.25, 0.3) is 0 Å². The lowest BCUT2D eigenvalue weighted by atomic mass is 9.83. The first kappa shape index (κ1) is 15.4. The van der Waals surface area contributed by atoms with Crippen LogP contribution in [-0.4, -0.2) is 29.4 Å². The quantitative estimate of drug-likeness (QED) is 0.598. The molecule has 0 spiro atoms. The van der Waals surface area contributed by atoms with E-state index in [9.17, 15) is 0 Å². The smallest absolute Gasteiger partial charge is 0.01000 e. The summed E-state index contributed by atoms with van der Waals surface area (Å²) in [6, 6.07) is 0.714. The monoisotopic (exact) mass is 277 g/mol. The van der Waals surface area contributed by atoms with Gasteiger partial charge in [0.05, 0.1) is 0 Å². The average Bonchev–Trinajstić information content (AvgIpc) is 2.31. The highest BCUT2D eigenvalue weighted by atomic mass is 79.9. The highest BCUT2D eigenvalue weighted by molar-refractivity contribution is 9.09. The summed E-state index contributed by atoms with van der Waals surface area (Å²) >= 11 is 3.70. The van der Waals surface area contributed by atoms with Crippen molar-refractivity contribution in [2.75, 3.05) is 18.4 Å². The predicted octanol–water partition coefficient (Wildman–Crippen LogP) is 4.31. The summed E-state index contributed by atoms with van der Waals surface area (Å²) in [5.41, 5.74) is 0.472. The summed E-state index contributed by atoms with van der Waals surface area (Å²) in [6.45, 7) is 13.9. The first-order valence-electron chi connectivity index (χ1n) is 6.39. The third-order valence-electron chi connectivity index (χ3n) is 3.94. The molecule has 0 aliphatic rings. The highest BCUT2D eigenvalue weighted by Crippen LogP contribution is 2.30. The van der Waals surface area contributed by atoms with Crippen molar-refractivity contribution in [2.24, 2.45) is 5.41 Å². The van der Waals surface area contributed by atoms with Gasteiger partial charge in [0.1, 0.15) is 0 Å². The Bertz CT molecular complexity index is 146. The number of alkyl halides is 1. The second-order valence-electron chi connectivity index (χ2n) is 4.66. The molecular formula is C13H28BrN. The van der Waals surface area contributed by atoms with Gasteiger partial charge in [0, 0.05) is 17.9 Å². The maximum absolute atomic E-state index is 3.70. The van der Waals surface area contributed by atoms with Crippen molar-refractivity contribution in [1.82, 2.24) is 4.90 Å². The molecule has 0 saturated carbocycles. The van der Waals surface area contributed by atoms with Gasteiger partial charge in [-0.05, 0) is 38.1 Å². The van der Waals surface area contributed by atoms with E-state index in [1.54, 1.807) is 0 Å². The van der Waals surface area contributed by atoms with Crippen LogP contribution >= 0.6 is 15.9 Å². The number of hydrogen-bond acceptors (Lipinski definition) is 1. The fraction of sp³-hybridized carbons (Fsp3) is 1.00. The summed E-state index contributed by atoms with van der Waals surface area (Å²) in [6.07, 6.45) is 3.78. The third-order valence-corrected chi connectivity index (χ3v) is 5.13. The van der Waals surface area contributed by atoms with Crippen molar-refractivity contribution in [2.45, 2.75) is 59.9 Å². The second-order valence-corrected chi connectivity index (χ2v) is 5.22. The topological polar surface area (TPSA) is 3.24 Å². The largest absolute Gasteiger partial charge is 0.300 e. The number of nitrogens with zero attached hydrogens (tertiary/aromatic N) is 1. The Labute approximate surface area is 105 Å². The molecule has 0 bridgehead atoms. The summed E-state index contributed by atoms with van der Waals surface area (Å²) in [5.74, 6) is 0. The molecule has 0 N–H and O–H groups in total. The third kappa shape index (κ3) is 4.44. The molecule has 0 saturated heterocycles. The van der Waals surface area contributed by atoms with E-state index in [1.165, 1.54) is 32.4 Å². The second kappa shape index (κ2) is 7.67. The van der Waals surface area contributed by atoms with E-state index in [1.807, 2.05) is 0 Å². The molecule has 92 valence electrons. The molecule has 0 fully saturated rings. The standard InChI is InChI=1S/C13H28BrN/c1-6-12(5)15(9-4)11-13(7-2,8-3)10-14/h12H,6-11H2,1-5H3. The molecule has 0 aromatic carbocycles. The van der Waals surface area contributed by atoms with Gasteiger partial charge in [-0.2, -0.15) is 0 Å². The van der Waals surface area contributed by atoms with Gasteiger partial charge in [-0.15, -0.1) is 0 Å². The fourth-order valence-electron chi connectivity index (χ4n) is 1.97. The van der Waals surface area contributed by atoms with Gasteiger partial charge in [0.15, 0.2) is 0 Å². The van der Waals surface area contributed by atoms with Crippen LogP contribution in [0.1, 0.15) is 53.9 Å². The van der Waals surface area contributed by atoms with Gasteiger partial charge >= 0.3 is 0 Å². The molecule has 0 aliphatic carbocycles. The van der Waals surface area contributed by atoms with Crippen LogP contribution in [0.5, 0.6) is 0 Å². The molecule has 0 amide bonds. The minimum atomic E-state index is 0.472. The maximum atomic E-state index is 3.70. The minimum Gasteiger partial charge on any atom is -0.300 e. The predicted molar refractivity (Wildman–Crippen MR) is 73.8 cm³/mol. The van der Waals surface area contributed by atoms with E-state index < -0.39 is 0 Å². The van der Waals surface area contributed by atoms with Crippen LogP contribution in [0, 0.1) is 5.41 Å². The number of rotatable bonds is 8. The van der Waals surface area contributed by atoms with Crippen LogP contribution < -0.4 is 0 Å². The van der Waals surface area contributed by atoms with Crippen molar-refractivity contribution in [3.63, 3.8) is 0 Å². The van der Waals surface area contributed by atoms with Gasteiger partial charge in [-0.3, -0.25) is 0 Å². The van der Waals surface area contributed by atoms with Gasteiger partial charge in [-0.1, -0.05) is 43.6 Å². The van der Waals surface area contributed by atoms with Crippen LogP contribution in [0.2, 0.25) is 0 Å². The Morgan fingerprint density at radius 3 is 1.93 bits per heavy atom. The lowest BCUT2D eigenvalue weighted by Gasteiger charge is -2.38. The van der Waals surface area contributed by atoms with Crippen LogP contribution in [0.15, 0.2) is 0 Å². The van der Waals surface area contributed by atoms with E-state index in [0.717, 1.165) is 5.33 Å². The average molecular weight is 278 g/mol. The first-order valence-corrected chi connectivity index (χ1v) is 7.51. The van der Waals surface area contributed by atoms with E-state index >= 15 is 0 Å². The van der Waals surface area contributed by atoms with Crippen LogP contribution in [0.3, 0.4) is 0 Å². The van der Waals surface area contributed by atoms with Gasteiger partial charge in [0.25, 0.3) is 0 Å². The van der Waals surface area contributed by atoms with Crippen molar-refractivity contribution in [1.29, 1.82) is 0 Å². The van der Waals surface area contributed by atoms with E-state index in [4.69, 9.17) is 0 Å². The van der Waals surface area contributed by atoms with Crippen LogP contribution in [-0.2, 0) is 0 Å². The molecule has 0 aromatic heterocycles. The molecule has 0 rings (SSSR count). The zero-order valence-electron chi connectivity index (χ0n) is 11.1. The van der Waals surface area contributed by atoms with Gasteiger partial charge in [0.2, 0.25) is 0 Å². The Morgan fingerprint density at radius 2 is 1.67 bits per heavy atom. The molecule has 15 heavy (non-hydrogen) atoms. The minimum absolute atomic E-state index is 0.472. The summed E-state index contributed by atoms with van der Waals surface area (Å²) < 4.78 is 0. The zero-order valence-corrected chi connectivity index (χ0v) is 12.7. The summed E-state index contributed by atoms with van der Waals surface area (Å²) in [5, 5.41) is 1.12. The molecule has 0 aromatic rings. The number of hydrogen-bond donors (Lipinski definition) is 0. The lowest BCUT2D eigenvalue weighted by molar-refractivity contribution is 0.126. The highest BCUT2D eigenvalue weighted by Gasteiger charge is 2.28. The molecule has 1 unspecified atom stereocenters. The molecule has 2 heteroatoms. The lowest BCUT2D eigenvalue weighted by Crippen LogP contribution is -2.42. The van der Waals surface area contributed by atoms with Crippen LogP contribution in [0.4, 0.5) is 0 Å². The molecule has 0 aliphatic heterocycles. The van der Waals surface area contributed by atoms with Crippen molar-refractivity contribution in [3.8, 4) is 0 Å². The molecule has 1 atom stereocenters. The van der Waals surface area contributed by atoms with Gasteiger partial charge < -0.3 is 4.90 Å². The van der Waals surface area contributed by atoms with Crippen molar-refractivity contribution < 1.29 is 0 Å². The zero-order chi connectivity index (χ0) is 11.9. The summed E-state index contributed by atoms with van der Waals surface area (Å²) in [4.78, 5) is 2.62. The van der Waals surface area contributed by atoms with E-state index in [-0.39, 0.29) is 0 Å². The molecule has 0 radical (unpaired) electrons. The van der Waals surface area contributed by atoms with E-state index in [2.05, 4.69) is 55.4 Å². The Hall–Kier alpha value is 0.440. The SMILES string of the molecule is CCC(C)N(CC)CC(CC)(CC)CBr. The van der Waals surface area contributed by atoms with Gasteiger partial charge in [-0.25, -0.2) is 0 Å². The Morgan fingerprint density at radius 1 is 1.13 bits per heavy atom. The molecule has 0 heterocycles. The first-order chi connectivity index (χ1) is 7.09. The Balaban J connectivity index is 4.47. The fourth-order valence-corrected chi connectivity index (χ4v) is 2.94.